The number of aryl methyl sites for hydroxylation is 2. The molecule has 0 radical (unpaired) electrons. The number of amides is 4. The molecule has 13 aromatic rings. The lowest BCUT2D eigenvalue weighted by Crippen LogP contribution is -2.41. The third kappa shape index (κ3) is 22.6. The Balaban J connectivity index is 0.000000137. The zero-order valence-corrected chi connectivity index (χ0v) is 73.2. The zero-order valence-electron chi connectivity index (χ0n) is 67.7. The highest BCUT2D eigenvalue weighted by molar-refractivity contribution is 7.93. The first kappa shape index (κ1) is 90.2. The number of halogens is 3. The van der Waals surface area contributed by atoms with Gasteiger partial charge in [-0.3, -0.25) is 39.1 Å². The number of aromatic nitrogens is 4. The molecule has 9 aromatic carbocycles. The fraction of sp³-hybridized carbons (Fsp3) is 0.154. The highest BCUT2D eigenvalue weighted by atomic mass is 35.5. The maximum Gasteiger partial charge on any atom is 0.255 e. The van der Waals surface area contributed by atoms with Crippen molar-refractivity contribution in [2.45, 2.75) is 13.8 Å². The standard InChI is InChI=1S/C25H20ClN3O4S.C22H17ClN4O4S.C22H20ClN3O4S.C22H21N3O4S/c26-20-13-19(24-23-4-2-1-3-17(23)9-10-27-24)14-21(15-20)28-25(30)18-5-7-22(8-6-18)29-16-33-11-12-34(29,31)32;1-24-17-5-9-21(25-13-17)19-12-16(4-8-20(19)23)26-22(28)15-2-6-18(7-3-15)27-14-31-10-11-32(27,29)30;1-15-8-9-24-21(12-15)19-13-17(4-7-20(19)23)25-22(27)16-2-5-18(6-3-16)26-14-30-10-11-31(26,28)29;1-16-5-10-21(23-14-16)18-3-2-4-19(13-18)24-22(26)17-6-8-20(9-7-17)25-15-29-11-12-30(25,27)28/h1-10,13-15H,11-12,16H2,(H,28,30);2-9,12-13H,10-11,14H2,(H,26,28);2-9,12-13H,10-11,14H2,1H3,(H,25,27);2-10,13-14H,11-12,15H2,1H3,(H,24,26). The van der Waals surface area contributed by atoms with Gasteiger partial charge in [0, 0.05) is 102 Å². The maximum atomic E-state index is 12.9. The second-order valence-corrected chi connectivity index (χ2v) is 38.1. The molecule has 0 spiro atoms. The van der Waals surface area contributed by atoms with Crippen LogP contribution in [0.5, 0.6) is 0 Å². The zero-order chi connectivity index (χ0) is 89.6. The first-order valence-electron chi connectivity index (χ1n) is 39.1. The van der Waals surface area contributed by atoms with Crippen LogP contribution in [0.15, 0.2) is 267 Å². The first-order chi connectivity index (χ1) is 61.0. The maximum absolute atomic E-state index is 12.9. The van der Waals surface area contributed by atoms with E-state index in [4.69, 9.17) is 60.3 Å². The summed E-state index contributed by atoms with van der Waals surface area (Å²) < 4.78 is 123. The van der Waals surface area contributed by atoms with Gasteiger partial charge in [0.25, 0.3) is 23.6 Å². The Hall–Kier alpha value is -13.1. The van der Waals surface area contributed by atoms with Crippen molar-refractivity contribution in [3.63, 3.8) is 0 Å². The highest BCUT2D eigenvalue weighted by Crippen LogP contribution is 2.36. The van der Waals surface area contributed by atoms with Crippen LogP contribution in [0.3, 0.4) is 0 Å². The van der Waals surface area contributed by atoms with Crippen molar-refractivity contribution in [3.8, 4) is 45.0 Å². The number of hydrogen-bond donors (Lipinski definition) is 4. The van der Waals surface area contributed by atoms with Crippen molar-refractivity contribution in [1.82, 2.24) is 19.9 Å². The number of carbonyl (C=O) groups excluding carboxylic acids is 4. The summed E-state index contributed by atoms with van der Waals surface area (Å²) in [5, 5.41) is 14.9. The van der Waals surface area contributed by atoms with Gasteiger partial charge in [0.1, 0.15) is 26.9 Å². The van der Waals surface area contributed by atoms with Crippen molar-refractivity contribution in [1.29, 1.82) is 0 Å². The Labute approximate surface area is 747 Å². The summed E-state index contributed by atoms with van der Waals surface area (Å²) in [6, 6.07) is 69.2. The molecule has 127 heavy (non-hydrogen) atoms. The lowest BCUT2D eigenvalue weighted by molar-refractivity contribution is 0.101. The van der Waals surface area contributed by atoms with Crippen LogP contribution in [-0.2, 0) is 59.0 Å². The largest absolute Gasteiger partial charge is 0.359 e. The second kappa shape index (κ2) is 40.1. The number of carbonyl (C=O) groups is 4. The predicted molar refractivity (Wildman–Crippen MR) is 493 cm³/mol. The summed E-state index contributed by atoms with van der Waals surface area (Å²) in [5.74, 6) is -1.59. The molecule has 0 saturated carbocycles. The molecule has 648 valence electrons. The number of ether oxygens (including phenoxy) is 4. The molecule has 17 rings (SSSR count). The Morgan fingerprint density at radius 3 is 1.21 bits per heavy atom. The van der Waals surface area contributed by atoms with Gasteiger partial charge in [-0.25, -0.2) is 55.7 Å². The highest BCUT2D eigenvalue weighted by Gasteiger charge is 2.31. The van der Waals surface area contributed by atoms with Crippen LogP contribution in [0.2, 0.25) is 15.1 Å². The molecule has 0 atom stereocenters. The Morgan fingerprint density at radius 2 is 0.787 bits per heavy atom. The summed E-state index contributed by atoms with van der Waals surface area (Å²) in [6.07, 6.45) is 6.71. The van der Waals surface area contributed by atoms with Crippen LogP contribution in [0, 0.1) is 20.4 Å². The van der Waals surface area contributed by atoms with Crippen LogP contribution < -0.4 is 38.5 Å². The molecule has 4 aliphatic rings. The first-order valence-corrected chi connectivity index (χ1v) is 46.6. The number of nitrogens with zero attached hydrogens (tertiary/aromatic N) is 9. The monoisotopic (exact) mass is 1840 g/mol. The van der Waals surface area contributed by atoms with Gasteiger partial charge in [0.2, 0.25) is 45.8 Å². The van der Waals surface area contributed by atoms with E-state index in [0.29, 0.717) is 105 Å². The number of rotatable bonds is 16. The molecule has 4 saturated heterocycles. The topological polar surface area (TPSA) is 359 Å². The number of benzene rings is 9. The quantitative estimate of drug-likeness (QED) is 0.0653. The summed E-state index contributed by atoms with van der Waals surface area (Å²) >= 11 is 19.0. The molecule has 8 heterocycles. The molecular formula is C91H78Cl3N13O16S4. The van der Waals surface area contributed by atoms with E-state index in [-0.39, 0.29) is 100.0 Å². The van der Waals surface area contributed by atoms with Gasteiger partial charge in [-0.15, -0.1) is 0 Å². The lowest BCUT2D eigenvalue weighted by Gasteiger charge is -2.28. The Bertz CT molecular complexity index is 6810. The van der Waals surface area contributed by atoms with Crippen LogP contribution in [0.4, 0.5) is 51.2 Å². The molecule has 29 nitrogen and oxygen atoms in total. The van der Waals surface area contributed by atoms with Gasteiger partial charge in [-0.05, 0) is 224 Å². The molecule has 4 aliphatic heterocycles. The summed E-state index contributed by atoms with van der Waals surface area (Å²) in [6.45, 7) is 11.5. The molecule has 36 heteroatoms. The van der Waals surface area contributed by atoms with Gasteiger partial charge in [-0.2, -0.15) is 0 Å². The molecule has 4 N–H and O–H groups in total. The number of anilines is 8. The van der Waals surface area contributed by atoms with E-state index in [1.807, 2.05) is 105 Å². The van der Waals surface area contributed by atoms with Crippen molar-refractivity contribution >= 4 is 160 Å². The van der Waals surface area contributed by atoms with Crippen LogP contribution >= 0.6 is 34.8 Å². The van der Waals surface area contributed by atoms with Crippen molar-refractivity contribution in [2.24, 2.45) is 0 Å². The Morgan fingerprint density at radius 1 is 0.370 bits per heavy atom. The predicted octanol–water partition coefficient (Wildman–Crippen LogP) is 16.8. The van der Waals surface area contributed by atoms with E-state index < -0.39 is 40.1 Å². The number of fused-ring (bicyclic) bond motifs is 1. The van der Waals surface area contributed by atoms with Crippen LogP contribution in [-0.4, -0.2) is 154 Å². The molecule has 4 fully saturated rings. The molecule has 0 unspecified atom stereocenters. The summed E-state index contributed by atoms with van der Waals surface area (Å²) in [4.78, 5) is 71.8. The molecule has 4 amide bonds. The van der Waals surface area contributed by atoms with Gasteiger partial charge >= 0.3 is 0 Å². The molecule has 0 bridgehead atoms. The minimum atomic E-state index is -3.42. The second-order valence-electron chi connectivity index (χ2n) is 28.8. The SMILES string of the molecule is Cc1ccc(-c2cccc(NC(=O)c3ccc(N4COCCS4(=O)=O)cc3)c2)nc1.Cc1ccnc(-c2cc(NC(=O)c3ccc(N4COCCS4(=O)=O)cc3)ccc2Cl)c1.O=C(Nc1cc(Cl)cc(-c2nccc3ccccc23)c1)c1ccc(N2COCCS2(=O)=O)cc1.[C-]#[N+]c1ccc(-c2cc(NC(=O)c3ccc(N4COCCS4(=O)=O)cc3)ccc2Cl)nc1. The number of sulfonamides is 4. The molecular weight excluding hydrogens is 1770 g/mol. The minimum Gasteiger partial charge on any atom is -0.359 e. The smallest absolute Gasteiger partial charge is 0.255 e. The third-order valence-electron chi connectivity index (χ3n) is 20.0. The molecule has 4 aromatic heterocycles. The van der Waals surface area contributed by atoms with Crippen molar-refractivity contribution in [2.75, 3.05) is 115 Å². The average Bonchev–Trinajstić information content (AvgIpc) is 0.796. The minimum absolute atomic E-state index is 0.0201. The summed E-state index contributed by atoms with van der Waals surface area (Å²) in [5.41, 5.74) is 14.1. The number of nitrogens with one attached hydrogen (secondary N) is 4. The van der Waals surface area contributed by atoms with Crippen molar-refractivity contribution in [3.05, 3.63) is 327 Å². The average molecular weight is 1840 g/mol. The van der Waals surface area contributed by atoms with E-state index in [0.717, 1.165) is 50.1 Å². The van der Waals surface area contributed by atoms with Gasteiger partial charge in [0.15, 0.2) is 0 Å². The third-order valence-corrected chi connectivity index (χ3v) is 27.6. The number of hydrogen-bond acceptors (Lipinski definition) is 20. The fourth-order valence-corrected chi connectivity index (χ4v) is 18.9. The van der Waals surface area contributed by atoms with Crippen LogP contribution in [0.25, 0.3) is 60.6 Å². The van der Waals surface area contributed by atoms with Crippen LogP contribution in [0.1, 0.15) is 52.6 Å². The van der Waals surface area contributed by atoms with Gasteiger partial charge in [-0.1, -0.05) is 83.3 Å². The van der Waals surface area contributed by atoms with Gasteiger partial charge in [0.05, 0.1) is 112 Å². The Kier molecular flexibility index (Phi) is 28.4. The normalized spacial score (nSPS) is 15.3. The van der Waals surface area contributed by atoms with Gasteiger partial charge < -0.3 is 40.2 Å². The van der Waals surface area contributed by atoms with Crippen molar-refractivity contribution < 1.29 is 71.8 Å². The van der Waals surface area contributed by atoms with E-state index in [1.54, 1.807) is 170 Å². The fourth-order valence-electron chi connectivity index (χ4n) is 13.3. The number of pyridine rings is 4. The molecule has 0 aliphatic carbocycles. The van der Waals surface area contributed by atoms with E-state index in [1.165, 1.54) is 23.4 Å². The van der Waals surface area contributed by atoms with E-state index >= 15 is 0 Å². The lowest BCUT2D eigenvalue weighted by atomic mass is 10.0. The van der Waals surface area contributed by atoms with E-state index in [2.05, 4.69) is 46.0 Å². The van der Waals surface area contributed by atoms with E-state index in [9.17, 15) is 52.8 Å². The summed E-state index contributed by atoms with van der Waals surface area (Å²) in [7, 11) is -13.6.